The van der Waals surface area contributed by atoms with Gasteiger partial charge in [-0.15, -0.1) is 0 Å². The number of alkyl halides is 3. The number of hydrogen-bond acceptors (Lipinski definition) is 4. The van der Waals surface area contributed by atoms with Crippen LogP contribution in [0.25, 0.3) is 11.1 Å². The fourth-order valence-corrected chi connectivity index (χ4v) is 2.56. The van der Waals surface area contributed by atoms with Crippen LogP contribution in [0, 0.1) is 0 Å². The van der Waals surface area contributed by atoms with E-state index in [2.05, 4.69) is 10.3 Å². The van der Waals surface area contributed by atoms with Gasteiger partial charge >= 0.3 is 6.18 Å². The molecule has 2 unspecified atom stereocenters. The molecule has 1 aromatic heterocycles. The molecule has 7 heteroatoms. The maximum Gasteiger partial charge on any atom is 0.414 e. The molecule has 1 aliphatic heterocycles. The Kier molecular flexibility index (Phi) is 5.24. The van der Waals surface area contributed by atoms with Gasteiger partial charge < -0.3 is 15.2 Å². The second kappa shape index (κ2) is 7.41. The Bertz CT molecular complexity index is 717. The fourth-order valence-electron chi connectivity index (χ4n) is 2.56. The lowest BCUT2D eigenvalue weighted by atomic mass is 10.0. The van der Waals surface area contributed by atoms with Crippen molar-refractivity contribution in [3.8, 4) is 16.9 Å². The predicted octanol–water partition coefficient (Wildman–Crippen LogP) is 2.96. The summed E-state index contributed by atoms with van der Waals surface area (Å²) in [4.78, 5) is 4.14. The Morgan fingerprint density at radius 2 is 2.04 bits per heavy atom. The van der Waals surface area contributed by atoms with Gasteiger partial charge in [-0.2, -0.15) is 13.2 Å². The zero-order valence-corrected chi connectivity index (χ0v) is 13.5. The molecule has 3 rings (SSSR count). The SMILES string of the molecule is OC(Cc1cccc(-c2cncc(OCC3CCN3)c2)c1)C(F)(F)F. The normalized spacial score (nSPS) is 18.5. The summed E-state index contributed by atoms with van der Waals surface area (Å²) in [5.74, 6) is 0.618. The van der Waals surface area contributed by atoms with E-state index in [0.29, 0.717) is 24.0 Å². The van der Waals surface area contributed by atoms with Crippen LogP contribution in [0.3, 0.4) is 0 Å². The number of nitrogens with one attached hydrogen (secondary N) is 1. The summed E-state index contributed by atoms with van der Waals surface area (Å²) in [6.07, 6.45) is -3.15. The monoisotopic (exact) mass is 352 g/mol. The standard InChI is InChI=1S/C18H19F3N2O2/c19-18(20,21)17(24)7-12-2-1-3-13(6-12)14-8-16(10-22-9-14)25-11-15-4-5-23-15/h1-3,6,8-10,15,17,23-24H,4-5,7,11H2. The van der Waals surface area contributed by atoms with Crippen LogP contribution in [0.2, 0.25) is 0 Å². The van der Waals surface area contributed by atoms with Gasteiger partial charge in [-0.25, -0.2) is 0 Å². The van der Waals surface area contributed by atoms with Crippen LogP contribution in [-0.2, 0) is 6.42 Å². The largest absolute Gasteiger partial charge is 0.490 e. The average Bonchev–Trinajstić information content (AvgIpc) is 2.53. The van der Waals surface area contributed by atoms with Crippen molar-refractivity contribution in [1.82, 2.24) is 10.3 Å². The highest BCUT2D eigenvalue weighted by molar-refractivity contribution is 5.64. The first kappa shape index (κ1) is 17.7. The Labute approximate surface area is 143 Å². The summed E-state index contributed by atoms with van der Waals surface area (Å²) in [5.41, 5.74) is 1.89. The number of rotatable bonds is 6. The predicted molar refractivity (Wildman–Crippen MR) is 87.3 cm³/mol. The van der Waals surface area contributed by atoms with E-state index >= 15 is 0 Å². The highest BCUT2D eigenvalue weighted by Crippen LogP contribution is 2.27. The van der Waals surface area contributed by atoms with Crippen LogP contribution in [0.5, 0.6) is 5.75 Å². The number of nitrogens with zero attached hydrogens (tertiary/aromatic N) is 1. The van der Waals surface area contributed by atoms with E-state index in [0.717, 1.165) is 24.1 Å². The number of benzene rings is 1. The van der Waals surface area contributed by atoms with Gasteiger partial charge in [-0.3, -0.25) is 4.98 Å². The molecular formula is C18H19F3N2O2. The highest BCUT2D eigenvalue weighted by atomic mass is 19.4. The third kappa shape index (κ3) is 4.70. The number of halogens is 3. The number of pyridine rings is 1. The van der Waals surface area contributed by atoms with Crippen LogP contribution < -0.4 is 10.1 Å². The van der Waals surface area contributed by atoms with Crippen molar-refractivity contribution in [3.63, 3.8) is 0 Å². The number of ether oxygens (including phenoxy) is 1. The lowest BCUT2D eigenvalue weighted by Crippen LogP contribution is -2.46. The van der Waals surface area contributed by atoms with E-state index in [9.17, 15) is 18.3 Å². The summed E-state index contributed by atoms with van der Waals surface area (Å²) in [5, 5.41) is 12.5. The molecule has 1 saturated heterocycles. The van der Waals surface area contributed by atoms with Gasteiger partial charge in [0.2, 0.25) is 0 Å². The lowest BCUT2D eigenvalue weighted by Gasteiger charge is -2.27. The molecule has 0 radical (unpaired) electrons. The van der Waals surface area contributed by atoms with Crippen LogP contribution in [0.15, 0.2) is 42.7 Å². The zero-order chi connectivity index (χ0) is 17.9. The molecule has 0 bridgehead atoms. The highest BCUT2D eigenvalue weighted by Gasteiger charge is 2.37. The zero-order valence-electron chi connectivity index (χ0n) is 13.5. The fraction of sp³-hybridized carbons (Fsp3) is 0.389. The van der Waals surface area contributed by atoms with Crippen molar-refractivity contribution in [2.45, 2.75) is 31.2 Å². The van der Waals surface area contributed by atoms with E-state index < -0.39 is 18.7 Å². The molecule has 2 heterocycles. The molecule has 1 aromatic carbocycles. The van der Waals surface area contributed by atoms with E-state index in [1.165, 1.54) is 0 Å². The molecule has 25 heavy (non-hydrogen) atoms. The van der Waals surface area contributed by atoms with Crippen LogP contribution in [0.1, 0.15) is 12.0 Å². The summed E-state index contributed by atoms with van der Waals surface area (Å²) in [6, 6.07) is 8.82. The Hall–Kier alpha value is -2.12. The number of hydrogen-bond donors (Lipinski definition) is 2. The van der Waals surface area contributed by atoms with Gasteiger partial charge in [0.05, 0.1) is 6.20 Å². The first-order valence-electron chi connectivity index (χ1n) is 8.07. The maximum absolute atomic E-state index is 12.5. The molecule has 0 saturated carbocycles. The average molecular weight is 352 g/mol. The number of aliphatic hydroxyl groups excluding tert-OH is 1. The van der Waals surface area contributed by atoms with Gasteiger partial charge in [-0.1, -0.05) is 24.3 Å². The van der Waals surface area contributed by atoms with E-state index in [-0.39, 0.29) is 0 Å². The molecule has 1 aliphatic rings. The van der Waals surface area contributed by atoms with Crippen LogP contribution >= 0.6 is 0 Å². The van der Waals surface area contributed by atoms with Gasteiger partial charge in [0.15, 0.2) is 6.10 Å². The van der Waals surface area contributed by atoms with Crippen molar-refractivity contribution in [2.24, 2.45) is 0 Å². The van der Waals surface area contributed by atoms with Crippen LogP contribution in [0.4, 0.5) is 13.2 Å². The maximum atomic E-state index is 12.5. The molecule has 1 fully saturated rings. The molecule has 2 aromatic rings. The van der Waals surface area contributed by atoms with Gasteiger partial charge in [-0.05, 0) is 30.2 Å². The molecule has 0 spiro atoms. The molecule has 0 amide bonds. The minimum atomic E-state index is -4.62. The number of aromatic nitrogens is 1. The Balaban J connectivity index is 1.71. The second-order valence-corrected chi connectivity index (χ2v) is 6.12. The van der Waals surface area contributed by atoms with Gasteiger partial charge in [0.1, 0.15) is 12.4 Å². The number of aliphatic hydroxyl groups is 1. The Morgan fingerprint density at radius 1 is 1.24 bits per heavy atom. The van der Waals surface area contributed by atoms with E-state index in [1.807, 2.05) is 6.07 Å². The summed E-state index contributed by atoms with van der Waals surface area (Å²) in [7, 11) is 0. The lowest BCUT2D eigenvalue weighted by molar-refractivity contribution is -0.203. The third-order valence-electron chi connectivity index (χ3n) is 4.16. The molecule has 2 N–H and O–H groups in total. The van der Waals surface area contributed by atoms with Crippen molar-refractivity contribution in [2.75, 3.05) is 13.2 Å². The van der Waals surface area contributed by atoms with Gasteiger partial charge in [0.25, 0.3) is 0 Å². The summed E-state index contributed by atoms with van der Waals surface area (Å²) < 4.78 is 43.2. The molecular weight excluding hydrogens is 333 g/mol. The molecule has 134 valence electrons. The van der Waals surface area contributed by atoms with Crippen molar-refractivity contribution < 1.29 is 23.0 Å². The van der Waals surface area contributed by atoms with Crippen molar-refractivity contribution in [1.29, 1.82) is 0 Å². The van der Waals surface area contributed by atoms with E-state index in [1.54, 1.807) is 36.7 Å². The molecule has 2 atom stereocenters. The summed E-state index contributed by atoms with van der Waals surface area (Å²) in [6.45, 7) is 1.56. The molecule has 0 aliphatic carbocycles. The second-order valence-electron chi connectivity index (χ2n) is 6.12. The third-order valence-corrected chi connectivity index (χ3v) is 4.16. The van der Waals surface area contributed by atoms with Gasteiger partial charge in [0, 0.05) is 24.2 Å². The smallest absolute Gasteiger partial charge is 0.414 e. The van der Waals surface area contributed by atoms with Crippen molar-refractivity contribution >= 4 is 0 Å². The van der Waals surface area contributed by atoms with Crippen molar-refractivity contribution in [3.05, 3.63) is 48.3 Å². The quantitative estimate of drug-likeness (QED) is 0.839. The minimum Gasteiger partial charge on any atom is -0.490 e. The summed E-state index contributed by atoms with van der Waals surface area (Å²) >= 11 is 0. The van der Waals surface area contributed by atoms with Crippen LogP contribution in [-0.4, -0.2) is 41.6 Å². The first-order valence-corrected chi connectivity index (χ1v) is 8.07. The van der Waals surface area contributed by atoms with E-state index in [4.69, 9.17) is 4.74 Å². The minimum absolute atomic E-state index is 0.357. The molecule has 4 nitrogen and oxygen atoms in total. The first-order chi connectivity index (χ1) is 11.9. The topological polar surface area (TPSA) is 54.4 Å². The Morgan fingerprint density at radius 3 is 2.72 bits per heavy atom.